The fourth-order valence-corrected chi connectivity index (χ4v) is 3.73. The van der Waals surface area contributed by atoms with Gasteiger partial charge in [0.05, 0.1) is 0 Å². The van der Waals surface area contributed by atoms with Crippen molar-refractivity contribution in [1.82, 2.24) is 19.6 Å². The van der Waals surface area contributed by atoms with Gasteiger partial charge in [-0.15, -0.1) is 5.10 Å². The molecule has 1 aromatic carbocycles. The van der Waals surface area contributed by atoms with Gasteiger partial charge in [0.25, 0.3) is 11.6 Å². The molecule has 3 aromatic rings. The van der Waals surface area contributed by atoms with Gasteiger partial charge in [-0.1, -0.05) is 31.2 Å². The average Bonchev–Trinajstić information content (AvgIpc) is 3.28. The summed E-state index contributed by atoms with van der Waals surface area (Å²) in [4.78, 5) is 30.6. The summed E-state index contributed by atoms with van der Waals surface area (Å²) in [6.45, 7) is 4.10. The van der Waals surface area contributed by atoms with Gasteiger partial charge >= 0.3 is 18.1 Å². The molecule has 2 unspecified atom stereocenters. The Morgan fingerprint density at radius 2 is 1.81 bits per heavy atom. The molecule has 0 amide bonds. The van der Waals surface area contributed by atoms with Gasteiger partial charge in [0.1, 0.15) is 5.82 Å². The van der Waals surface area contributed by atoms with E-state index in [9.17, 15) is 23.1 Å². The van der Waals surface area contributed by atoms with Crippen LogP contribution in [0.4, 0.5) is 19.0 Å². The molecule has 2 heterocycles. The largest absolute Gasteiger partial charge is 0.490 e. The second-order valence-electron chi connectivity index (χ2n) is 7.38. The minimum atomic E-state index is -5.08. The first-order valence-electron chi connectivity index (χ1n) is 9.48. The number of carboxylic acids is 2. The number of carboxylic acid groups (broad SMARTS) is 2. The zero-order valence-electron chi connectivity index (χ0n) is 17.3. The summed E-state index contributed by atoms with van der Waals surface area (Å²) in [5, 5.41) is 20.4. The topological polar surface area (TPSA) is 121 Å². The average molecular weight is 451 g/mol. The van der Waals surface area contributed by atoms with Crippen LogP contribution in [-0.2, 0) is 11.2 Å². The number of anilines is 1. The molecule has 2 atom stereocenters. The molecular formula is C20H20F3N5O4. The zero-order chi connectivity index (χ0) is 23.8. The molecule has 2 N–H and O–H groups in total. The van der Waals surface area contributed by atoms with Gasteiger partial charge in [0.2, 0.25) is 0 Å². The fourth-order valence-electron chi connectivity index (χ4n) is 3.73. The Kier molecular flexibility index (Phi) is 6.06. The number of rotatable bonds is 3. The van der Waals surface area contributed by atoms with Crippen LogP contribution < -0.4 is 4.90 Å². The van der Waals surface area contributed by atoms with Gasteiger partial charge in [-0.2, -0.15) is 22.7 Å². The van der Waals surface area contributed by atoms with Gasteiger partial charge in [0.15, 0.2) is 0 Å². The number of aromatic nitrogens is 4. The Bertz CT molecular complexity index is 1180. The molecule has 32 heavy (non-hydrogen) atoms. The lowest BCUT2D eigenvalue weighted by atomic mass is 10.00. The van der Waals surface area contributed by atoms with E-state index >= 15 is 0 Å². The van der Waals surface area contributed by atoms with Crippen LogP contribution in [0.3, 0.4) is 0 Å². The quantitative estimate of drug-likeness (QED) is 0.624. The predicted octanol–water partition coefficient (Wildman–Crippen LogP) is 2.93. The Balaban J connectivity index is 0.000000360. The SMILES string of the molecule is Cc1cc(N(C)C2Cc3ccccc3C2C)n2nc(C(=O)O)nc2n1.O=C(O)C(F)(F)F. The van der Waals surface area contributed by atoms with Crippen molar-refractivity contribution < 1.29 is 33.0 Å². The summed E-state index contributed by atoms with van der Waals surface area (Å²) in [6, 6.07) is 10.7. The van der Waals surface area contributed by atoms with E-state index in [1.807, 2.05) is 20.0 Å². The number of carbonyl (C=O) groups is 2. The third-order valence-electron chi connectivity index (χ3n) is 5.27. The second-order valence-corrected chi connectivity index (χ2v) is 7.38. The van der Waals surface area contributed by atoms with E-state index in [1.165, 1.54) is 15.6 Å². The van der Waals surface area contributed by atoms with E-state index in [-0.39, 0.29) is 11.9 Å². The number of benzene rings is 1. The number of aliphatic carboxylic acids is 1. The minimum Gasteiger partial charge on any atom is -0.475 e. The van der Waals surface area contributed by atoms with Gasteiger partial charge < -0.3 is 15.1 Å². The standard InChI is InChI=1S/C18H19N5O2.C2HF3O2/c1-10-8-15(23-18(19-10)20-16(21-23)17(24)25)22(3)14-9-12-6-4-5-7-13(12)11(14)2;3-2(4,5)1(6)7/h4-8,11,14H,9H2,1-3H3,(H,24,25);(H,6,7). The van der Waals surface area contributed by atoms with Crippen LogP contribution >= 0.6 is 0 Å². The molecule has 170 valence electrons. The molecule has 0 radical (unpaired) electrons. The number of hydrogen-bond acceptors (Lipinski definition) is 6. The van der Waals surface area contributed by atoms with Crippen molar-refractivity contribution in [3.05, 3.63) is 53.0 Å². The molecule has 1 aliphatic rings. The van der Waals surface area contributed by atoms with E-state index in [4.69, 9.17) is 9.90 Å². The van der Waals surface area contributed by atoms with Crippen LogP contribution in [-0.4, -0.2) is 61.0 Å². The highest BCUT2D eigenvalue weighted by Gasteiger charge is 2.38. The zero-order valence-corrected chi connectivity index (χ0v) is 17.3. The van der Waals surface area contributed by atoms with Crippen LogP contribution in [0.1, 0.15) is 40.3 Å². The summed E-state index contributed by atoms with van der Waals surface area (Å²) in [6.07, 6.45) is -4.14. The van der Waals surface area contributed by atoms with Gasteiger partial charge in [-0.3, -0.25) is 0 Å². The van der Waals surface area contributed by atoms with Crippen LogP contribution in [0.15, 0.2) is 30.3 Å². The first-order valence-corrected chi connectivity index (χ1v) is 9.48. The maximum Gasteiger partial charge on any atom is 0.490 e. The maximum absolute atomic E-state index is 11.2. The number of halogens is 3. The van der Waals surface area contributed by atoms with Crippen molar-refractivity contribution in [1.29, 1.82) is 0 Å². The van der Waals surface area contributed by atoms with Gasteiger partial charge in [-0.05, 0) is 24.5 Å². The molecule has 0 saturated carbocycles. The lowest BCUT2D eigenvalue weighted by molar-refractivity contribution is -0.192. The van der Waals surface area contributed by atoms with Gasteiger partial charge in [0, 0.05) is 30.8 Å². The summed E-state index contributed by atoms with van der Waals surface area (Å²) >= 11 is 0. The van der Waals surface area contributed by atoms with Crippen LogP contribution in [0, 0.1) is 6.92 Å². The summed E-state index contributed by atoms with van der Waals surface area (Å²) in [5.41, 5.74) is 3.51. The van der Waals surface area contributed by atoms with Gasteiger partial charge in [-0.25, -0.2) is 14.6 Å². The van der Waals surface area contributed by atoms with Crippen molar-refractivity contribution >= 4 is 23.5 Å². The van der Waals surface area contributed by atoms with Crippen LogP contribution in [0.5, 0.6) is 0 Å². The number of hydrogen-bond donors (Lipinski definition) is 2. The predicted molar refractivity (Wildman–Crippen MR) is 107 cm³/mol. The molecule has 0 bridgehead atoms. The van der Waals surface area contributed by atoms with Crippen molar-refractivity contribution in [2.45, 2.75) is 38.4 Å². The van der Waals surface area contributed by atoms with Crippen molar-refractivity contribution in [3.8, 4) is 0 Å². The number of aryl methyl sites for hydroxylation is 1. The van der Waals surface area contributed by atoms with Crippen molar-refractivity contribution in [2.75, 3.05) is 11.9 Å². The highest BCUT2D eigenvalue weighted by molar-refractivity contribution is 5.83. The van der Waals surface area contributed by atoms with E-state index < -0.39 is 18.1 Å². The van der Waals surface area contributed by atoms with E-state index in [0.717, 1.165) is 17.9 Å². The molecular weight excluding hydrogens is 431 g/mol. The molecule has 12 heteroatoms. The third-order valence-corrected chi connectivity index (χ3v) is 5.27. The first-order chi connectivity index (χ1) is 14.9. The molecule has 4 rings (SSSR count). The third kappa shape index (κ3) is 4.48. The smallest absolute Gasteiger partial charge is 0.475 e. The fraction of sp³-hybridized carbons (Fsp3) is 0.350. The van der Waals surface area contributed by atoms with Crippen LogP contribution in [0.25, 0.3) is 5.78 Å². The van der Waals surface area contributed by atoms with E-state index in [2.05, 4.69) is 51.2 Å². The number of likely N-dealkylation sites (N-methyl/N-ethyl adjacent to an activating group) is 1. The second kappa shape index (κ2) is 8.44. The Hall–Kier alpha value is -3.70. The Morgan fingerprint density at radius 1 is 1.19 bits per heavy atom. The summed E-state index contributed by atoms with van der Waals surface area (Å²) < 4.78 is 33.3. The van der Waals surface area contributed by atoms with E-state index in [0.29, 0.717) is 11.7 Å². The molecule has 1 aliphatic carbocycles. The highest BCUT2D eigenvalue weighted by atomic mass is 19.4. The Labute approximate surface area is 180 Å². The summed E-state index contributed by atoms with van der Waals surface area (Å²) in [7, 11) is 2.02. The maximum atomic E-state index is 11.2. The molecule has 0 fully saturated rings. The number of alkyl halides is 3. The number of aromatic carboxylic acids is 1. The minimum absolute atomic E-state index is 0.240. The Morgan fingerprint density at radius 3 is 2.38 bits per heavy atom. The molecule has 0 saturated heterocycles. The van der Waals surface area contributed by atoms with E-state index in [1.54, 1.807) is 0 Å². The number of nitrogens with zero attached hydrogens (tertiary/aromatic N) is 5. The normalized spacial score (nSPS) is 17.4. The lowest BCUT2D eigenvalue weighted by Crippen LogP contribution is -2.35. The lowest BCUT2D eigenvalue weighted by Gasteiger charge is -2.30. The molecule has 9 nitrogen and oxygen atoms in total. The van der Waals surface area contributed by atoms with Crippen LogP contribution in [0.2, 0.25) is 0 Å². The summed E-state index contributed by atoms with van der Waals surface area (Å²) in [5.74, 6) is -2.68. The molecule has 0 spiro atoms. The molecule has 2 aromatic heterocycles. The highest BCUT2D eigenvalue weighted by Crippen LogP contribution is 2.37. The first kappa shape index (κ1) is 23.0. The number of fused-ring (bicyclic) bond motifs is 2. The monoisotopic (exact) mass is 451 g/mol. The molecule has 0 aliphatic heterocycles. The van der Waals surface area contributed by atoms with Crippen molar-refractivity contribution in [3.63, 3.8) is 0 Å². The van der Waals surface area contributed by atoms with Crippen molar-refractivity contribution in [2.24, 2.45) is 0 Å².